The fourth-order valence-electron chi connectivity index (χ4n) is 1.82. The summed E-state index contributed by atoms with van der Waals surface area (Å²) in [7, 11) is 0. The van der Waals surface area contributed by atoms with E-state index in [4.69, 9.17) is 0 Å². The van der Waals surface area contributed by atoms with Crippen LogP contribution in [-0.2, 0) is 0 Å². The summed E-state index contributed by atoms with van der Waals surface area (Å²) >= 11 is 0. The summed E-state index contributed by atoms with van der Waals surface area (Å²) in [5, 5.41) is 0. The molecule has 0 aliphatic carbocycles. The van der Waals surface area contributed by atoms with Crippen LogP contribution in [0.4, 0.5) is 5.69 Å². The number of nitrogens with zero attached hydrogens (tertiary/aromatic N) is 1. The molecule has 0 unspecified atom stereocenters. The van der Waals surface area contributed by atoms with Crippen molar-refractivity contribution < 1.29 is 0 Å². The highest BCUT2D eigenvalue weighted by molar-refractivity contribution is 5.67. The molecular weight excluding hydrogens is 182 g/mol. The third kappa shape index (κ3) is 2.85. The molecule has 0 saturated carbocycles. The van der Waals surface area contributed by atoms with Crippen LogP contribution < -0.4 is 4.90 Å². The van der Waals surface area contributed by atoms with Crippen molar-refractivity contribution in [2.24, 2.45) is 0 Å². The van der Waals surface area contributed by atoms with Gasteiger partial charge in [-0.3, -0.25) is 0 Å². The van der Waals surface area contributed by atoms with Gasteiger partial charge in [0, 0.05) is 18.3 Å². The molecule has 0 bridgehead atoms. The van der Waals surface area contributed by atoms with E-state index >= 15 is 0 Å². The summed E-state index contributed by atoms with van der Waals surface area (Å²) < 4.78 is 0. The Hall–Kier alpha value is -1.24. The van der Waals surface area contributed by atoms with Crippen molar-refractivity contribution in [1.82, 2.24) is 0 Å². The maximum atomic E-state index is 3.87. The van der Waals surface area contributed by atoms with Gasteiger partial charge in [0.15, 0.2) is 0 Å². The predicted octanol–water partition coefficient (Wildman–Crippen LogP) is 3.95. The minimum atomic E-state index is 0.533. The molecule has 0 amide bonds. The van der Waals surface area contributed by atoms with Gasteiger partial charge in [-0.2, -0.15) is 0 Å². The minimum absolute atomic E-state index is 0.533. The molecule has 1 nitrogen and oxygen atoms in total. The Morgan fingerprint density at radius 3 is 2.53 bits per heavy atom. The Balaban J connectivity index is 3.04. The molecule has 15 heavy (non-hydrogen) atoms. The van der Waals surface area contributed by atoms with E-state index in [2.05, 4.69) is 56.5 Å². The van der Waals surface area contributed by atoms with E-state index in [-0.39, 0.29) is 0 Å². The van der Waals surface area contributed by atoms with Crippen molar-refractivity contribution >= 4 is 11.8 Å². The van der Waals surface area contributed by atoms with Crippen LogP contribution in [-0.4, -0.2) is 12.6 Å². The molecule has 0 saturated heterocycles. The summed E-state index contributed by atoms with van der Waals surface area (Å²) in [6, 6.07) is 8.98. The molecular formula is C14H21N. The first-order valence-electron chi connectivity index (χ1n) is 5.68. The molecule has 1 heteroatoms. The second kappa shape index (κ2) is 5.59. The number of anilines is 1. The Bertz CT molecular complexity index is 315. The van der Waals surface area contributed by atoms with Crippen LogP contribution in [0.3, 0.4) is 0 Å². The topological polar surface area (TPSA) is 3.24 Å². The van der Waals surface area contributed by atoms with Gasteiger partial charge >= 0.3 is 0 Å². The summed E-state index contributed by atoms with van der Waals surface area (Å²) in [6.07, 6.45) is 3.10. The Labute approximate surface area is 93.4 Å². The molecule has 1 aromatic rings. The highest BCUT2D eigenvalue weighted by Crippen LogP contribution is 2.23. The monoisotopic (exact) mass is 203 g/mol. The molecule has 1 rings (SSSR count). The van der Waals surface area contributed by atoms with Crippen molar-refractivity contribution in [3.8, 4) is 0 Å². The number of hydrogen-bond donors (Lipinski definition) is 0. The van der Waals surface area contributed by atoms with Gasteiger partial charge in [-0.25, -0.2) is 0 Å². The van der Waals surface area contributed by atoms with E-state index in [1.807, 2.05) is 6.08 Å². The lowest BCUT2D eigenvalue weighted by Gasteiger charge is -2.30. The van der Waals surface area contributed by atoms with Gasteiger partial charge in [0.25, 0.3) is 0 Å². The molecule has 0 fully saturated rings. The molecule has 0 spiro atoms. The van der Waals surface area contributed by atoms with Gasteiger partial charge in [-0.15, -0.1) is 0 Å². The fourth-order valence-corrected chi connectivity index (χ4v) is 1.82. The standard InChI is InChI=1S/C14H21N/c1-5-11-15(12(3)4)14-10-8-7-9-13(14)6-2/h6-10,12H,2,5,11H2,1,3-4H3. The first kappa shape index (κ1) is 11.8. The first-order chi connectivity index (χ1) is 7.20. The molecule has 1 aromatic carbocycles. The Kier molecular flexibility index (Phi) is 4.41. The highest BCUT2D eigenvalue weighted by Gasteiger charge is 2.11. The van der Waals surface area contributed by atoms with Gasteiger partial charge < -0.3 is 4.90 Å². The van der Waals surface area contributed by atoms with Crippen molar-refractivity contribution in [2.45, 2.75) is 33.2 Å². The minimum Gasteiger partial charge on any atom is -0.369 e. The third-order valence-corrected chi connectivity index (χ3v) is 2.55. The molecule has 0 radical (unpaired) electrons. The van der Waals surface area contributed by atoms with E-state index in [0.717, 1.165) is 6.54 Å². The van der Waals surface area contributed by atoms with Crippen molar-refractivity contribution in [1.29, 1.82) is 0 Å². The van der Waals surface area contributed by atoms with Crippen LogP contribution in [0.5, 0.6) is 0 Å². The van der Waals surface area contributed by atoms with Crippen LogP contribution in [0, 0.1) is 0 Å². The zero-order chi connectivity index (χ0) is 11.3. The largest absolute Gasteiger partial charge is 0.369 e. The zero-order valence-electron chi connectivity index (χ0n) is 10.0. The molecule has 0 aliphatic heterocycles. The lowest BCUT2D eigenvalue weighted by atomic mass is 10.1. The molecule has 0 aliphatic rings. The third-order valence-electron chi connectivity index (χ3n) is 2.55. The molecule has 0 heterocycles. The molecule has 0 atom stereocenters. The maximum absolute atomic E-state index is 3.87. The average Bonchev–Trinajstić information content (AvgIpc) is 2.25. The van der Waals surface area contributed by atoms with Gasteiger partial charge in [-0.05, 0) is 31.9 Å². The molecule has 82 valence electrons. The summed E-state index contributed by atoms with van der Waals surface area (Å²) in [5.74, 6) is 0. The van der Waals surface area contributed by atoms with E-state index in [9.17, 15) is 0 Å². The Morgan fingerprint density at radius 2 is 2.00 bits per heavy atom. The quantitative estimate of drug-likeness (QED) is 0.700. The van der Waals surface area contributed by atoms with Crippen LogP contribution in [0.2, 0.25) is 0 Å². The van der Waals surface area contributed by atoms with Gasteiger partial charge in [0.2, 0.25) is 0 Å². The van der Waals surface area contributed by atoms with E-state index in [1.54, 1.807) is 0 Å². The normalized spacial score (nSPS) is 10.4. The van der Waals surface area contributed by atoms with Crippen molar-refractivity contribution in [3.05, 3.63) is 36.4 Å². The summed E-state index contributed by atoms with van der Waals surface area (Å²) in [4.78, 5) is 2.43. The predicted molar refractivity (Wildman–Crippen MR) is 69.3 cm³/mol. The van der Waals surface area contributed by atoms with E-state index < -0.39 is 0 Å². The summed E-state index contributed by atoms with van der Waals surface area (Å²) in [5.41, 5.74) is 2.52. The zero-order valence-corrected chi connectivity index (χ0v) is 10.0. The first-order valence-corrected chi connectivity index (χ1v) is 5.68. The van der Waals surface area contributed by atoms with Gasteiger partial charge in [-0.1, -0.05) is 37.8 Å². The lowest BCUT2D eigenvalue weighted by molar-refractivity contribution is 0.671. The van der Waals surface area contributed by atoms with Crippen LogP contribution >= 0.6 is 0 Å². The lowest BCUT2D eigenvalue weighted by Crippen LogP contribution is -2.31. The van der Waals surface area contributed by atoms with Crippen LogP contribution in [0.25, 0.3) is 6.08 Å². The summed E-state index contributed by atoms with van der Waals surface area (Å²) in [6.45, 7) is 11.6. The number of para-hydroxylation sites is 1. The van der Waals surface area contributed by atoms with Crippen molar-refractivity contribution in [2.75, 3.05) is 11.4 Å². The van der Waals surface area contributed by atoms with E-state index in [0.29, 0.717) is 6.04 Å². The number of hydrogen-bond acceptors (Lipinski definition) is 1. The molecule has 0 N–H and O–H groups in total. The van der Waals surface area contributed by atoms with Crippen molar-refractivity contribution in [3.63, 3.8) is 0 Å². The molecule has 0 aromatic heterocycles. The van der Waals surface area contributed by atoms with E-state index in [1.165, 1.54) is 17.7 Å². The number of rotatable bonds is 5. The maximum Gasteiger partial charge on any atom is 0.0441 e. The number of benzene rings is 1. The smallest absolute Gasteiger partial charge is 0.0441 e. The van der Waals surface area contributed by atoms with Crippen LogP contribution in [0.15, 0.2) is 30.8 Å². The van der Waals surface area contributed by atoms with Gasteiger partial charge in [0.1, 0.15) is 0 Å². The highest BCUT2D eigenvalue weighted by atomic mass is 15.1. The van der Waals surface area contributed by atoms with Gasteiger partial charge in [0.05, 0.1) is 0 Å². The second-order valence-corrected chi connectivity index (χ2v) is 4.05. The SMILES string of the molecule is C=Cc1ccccc1N(CCC)C(C)C. The average molecular weight is 203 g/mol. The fraction of sp³-hybridized carbons (Fsp3) is 0.429. The Morgan fingerprint density at radius 1 is 1.33 bits per heavy atom. The van der Waals surface area contributed by atoms with Crippen LogP contribution in [0.1, 0.15) is 32.8 Å². The second-order valence-electron chi connectivity index (χ2n) is 4.05.